The SMILES string of the molecule is O=C(Nc1cc(Cl)ccc1-n1cnnn1)C(=O)N[C@@H](Cc1ccc(NC(=O)c2ccncc2)cc1)C(=O)Nc1ccc(C(=O)O)cc1. The highest BCUT2D eigenvalue weighted by atomic mass is 35.5. The minimum absolute atomic E-state index is 0.0164. The predicted molar refractivity (Wildman–Crippen MR) is 169 cm³/mol. The Labute approximate surface area is 271 Å². The number of nitrogens with one attached hydrogen (secondary N) is 4. The summed E-state index contributed by atoms with van der Waals surface area (Å²) in [5.41, 5.74) is 2.24. The van der Waals surface area contributed by atoms with Crippen LogP contribution in [0.4, 0.5) is 17.1 Å². The number of carbonyl (C=O) groups is 5. The lowest BCUT2D eigenvalue weighted by Crippen LogP contribution is -2.49. The molecule has 2 aromatic heterocycles. The van der Waals surface area contributed by atoms with Crippen molar-refractivity contribution in [2.45, 2.75) is 12.5 Å². The van der Waals surface area contributed by atoms with Gasteiger partial charge >= 0.3 is 17.8 Å². The fraction of sp³-hybridized carbons (Fsp3) is 0.0645. The summed E-state index contributed by atoms with van der Waals surface area (Å²) < 4.78 is 1.26. The van der Waals surface area contributed by atoms with E-state index in [-0.39, 0.29) is 34.3 Å². The quantitative estimate of drug-likeness (QED) is 0.139. The smallest absolute Gasteiger partial charge is 0.335 e. The highest BCUT2D eigenvalue weighted by Crippen LogP contribution is 2.24. The van der Waals surface area contributed by atoms with E-state index in [1.165, 1.54) is 53.7 Å². The lowest BCUT2D eigenvalue weighted by Gasteiger charge is -2.19. The monoisotopic (exact) mass is 653 g/mol. The van der Waals surface area contributed by atoms with Gasteiger partial charge in [-0.05, 0) is 82.7 Å². The van der Waals surface area contributed by atoms with Crippen molar-refractivity contribution in [3.63, 3.8) is 0 Å². The van der Waals surface area contributed by atoms with E-state index in [1.807, 2.05) is 0 Å². The summed E-state index contributed by atoms with van der Waals surface area (Å²) >= 11 is 6.11. The number of nitrogens with zero attached hydrogens (tertiary/aromatic N) is 5. The minimum atomic E-state index is -1.26. The molecule has 236 valence electrons. The predicted octanol–water partition coefficient (Wildman–Crippen LogP) is 2.97. The summed E-state index contributed by atoms with van der Waals surface area (Å²) in [6, 6.07) is 18.4. The number of halogens is 1. The van der Waals surface area contributed by atoms with Crippen LogP contribution in [0.2, 0.25) is 5.02 Å². The standard InChI is InChI=1S/C31H24ClN9O6/c32-21-5-10-26(41-17-34-39-40-41)24(16-21)37-29(44)30(45)38-25(28(43)36-23-8-3-20(4-9-23)31(46)47)15-18-1-6-22(7-2-18)35-27(42)19-11-13-33-14-12-19/h1-14,16-17,25H,15H2,(H,35,42)(H,36,43)(H,37,44)(H,38,45)(H,46,47)/t25-/m0/s1. The normalized spacial score (nSPS) is 11.2. The van der Waals surface area contributed by atoms with Gasteiger partial charge in [0.1, 0.15) is 12.4 Å². The summed E-state index contributed by atoms with van der Waals surface area (Å²) in [5.74, 6) is -4.38. The van der Waals surface area contributed by atoms with Crippen molar-refractivity contribution >= 4 is 58.3 Å². The number of rotatable bonds is 10. The van der Waals surface area contributed by atoms with Crippen LogP contribution in [0, 0.1) is 0 Å². The van der Waals surface area contributed by atoms with E-state index in [0.717, 1.165) is 0 Å². The Balaban J connectivity index is 1.32. The molecule has 0 aliphatic heterocycles. The molecule has 1 atom stereocenters. The number of anilines is 3. The van der Waals surface area contributed by atoms with Crippen molar-refractivity contribution in [1.82, 2.24) is 30.5 Å². The molecule has 0 saturated heterocycles. The largest absolute Gasteiger partial charge is 0.478 e. The van der Waals surface area contributed by atoms with Gasteiger partial charge in [0.15, 0.2) is 0 Å². The zero-order valence-corrected chi connectivity index (χ0v) is 24.9. The van der Waals surface area contributed by atoms with Crippen LogP contribution in [0.1, 0.15) is 26.3 Å². The van der Waals surface area contributed by atoms with Gasteiger partial charge in [-0.1, -0.05) is 23.7 Å². The molecule has 3 aromatic carbocycles. The topological polar surface area (TPSA) is 210 Å². The van der Waals surface area contributed by atoms with Gasteiger partial charge < -0.3 is 26.4 Å². The van der Waals surface area contributed by atoms with E-state index in [4.69, 9.17) is 16.7 Å². The lowest BCUT2D eigenvalue weighted by atomic mass is 10.0. The van der Waals surface area contributed by atoms with Crippen LogP contribution in [0.3, 0.4) is 0 Å². The Morgan fingerprint density at radius 1 is 0.787 bits per heavy atom. The fourth-order valence-electron chi connectivity index (χ4n) is 4.28. The second-order valence-corrected chi connectivity index (χ2v) is 10.3. The zero-order valence-electron chi connectivity index (χ0n) is 24.1. The highest BCUT2D eigenvalue weighted by molar-refractivity contribution is 6.40. The summed E-state index contributed by atoms with van der Waals surface area (Å²) in [4.78, 5) is 67.1. The number of carboxylic acid groups (broad SMARTS) is 1. The van der Waals surface area contributed by atoms with E-state index in [2.05, 4.69) is 41.8 Å². The first-order valence-electron chi connectivity index (χ1n) is 13.8. The Hall–Kier alpha value is -6.48. The number of carboxylic acids is 1. The van der Waals surface area contributed by atoms with E-state index in [1.54, 1.807) is 48.5 Å². The van der Waals surface area contributed by atoms with Crippen molar-refractivity contribution in [1.29, 1.82) is 0 Å². The molecule has 4 amide bonds. The number of carbonyl (C=O) groups excluding carboxylic acids is 4. The van der Waals surface area contributed by atoms with Gasteiger partial charge in [-0.25, -0.2) is 4.79 Å². The molecule has 0 aliphatic rings. The Bertz CT molecular complexity index is 1920. The Morgan fingerprint density at radius 3 is 2.13 bits per heavy atom. The van der Waals surface area contributed by atoms with Gasteiger partial charge in [-0.2, -0.15) is 4.68 Å². The van der Waals surface area contributed by atoms with Gasteiger partial charge in [-0.3, -0.25) is 24.2 Å². The minimum Gasteiger partial charge on any atom is -0.478 e. The number of benzene rings is 3. The molecule has 0 radical (unpaired) electrons. The Kier molecular flexibility index (Phi) is 9.87. The van der Waals surface area contributed by atoms with Crippen LogP contribution in [-0.4, -0.2) is 65.9 Å². The number of aromatic carboxylic acids is 1. The third-order valence-corrected chi connectivity index (χ3v) is 6.86. The number of hydrogen-bond donors (Lipinski definition) is 5. The first kappa shape index (κ1) is 31.9. The third kappa shape index (κ3) is 8.37. The molecular formula is C31H24ClN9O6. The molecule has 47 heavy (non-hydrogen) atoms. The van der Waals surface area contributed by atoms with Crippen molar-refractivity contribution in [2.75, 3.05) is 16.0 Å². The maximum atomic E-state index is 13.4. The first-order chi connectivity index (χ1) is 22.7. The van der Waals surface area contributed by atoms with Crippen molar-refractivity contribution in [3.8, 4) is 5.69 Å². The Morgan fingerprint density at radius 2 is 1.47 bits per heavy atom. The first-order valence-corrected chi connectivity index (χ1v) is 14.1. The van der Waals surface area contributed by atoms with Crippen LogP contribution in [-0.2, 0) is 20.8 Å². The van der Waals surface area contributed by atoms with Crippen LogP contribution >= 0.6 is 11.6 Å². The van der Waals surface area contributed by atoms with Crippen molar-refractivity contribution in [2.24, 2.45) is 0 Å². The molecule has 0 spiro atoms. The fourth-order valence-corrected chi connectivity index (χ4v) is 4.46. The average Bonchev–Trinajstić information content (AvgIpc) is 3.61. The van der Waals surface area contributed by atoms with Crippen molar-refractivity contribution < 1.29 is 29.1 Å². The van der Waals surface area contributed by atoms with Crippen LogP contribution in [0.15, 0.2) is 97.6 Å². The van der Waals surface area contributed by atoms with Gasteiger partial charge in [0.05, 0.1) is 16.9 Å². The van der Waals surface area contributed by atoms with Gasteiger partial charge in [0, 0.05) is 40.8 Å². The van der Waals surface area contributed by atoms with Crippen LogP contribution in [0.5, 0.6) is 0 Å². The molecule has 0 unspecified atom stereocenters. The molecular weight excluding hydrogens is 630 g/mol. The molecule has 0 aliphatic carbocycles. The molecule has 5 rings (SSSR count). The lowest BCUT2D eigenvalue weighted by molar-refractivity contribution is -0.137. The molecule has 15 nitrogen and oxygen atoms in total. The molecule has 2 heterocycles. The van der Waals surface area contributed by atoms with Crippen LogP contribution < -0.4 is 21.3 Å². The van der Waals surface area contributed by atoms with Gasteiger partial charge in [-0.15, -0.1) is 5.10 Å². The third-order valence-electron chi connectivity index (χ3n) is 6.62. The maximum absolute atomic E-state index is 13.4. The molecule has 0 bridgehead atoms. The summed E-state index contributed by atoms with van der Waals surface area (Å²) in [7, 11) is 0. The number of aromatic nitrogens is 5. The van der Waals surface area contributed by atoms with E-state index < -0.39 is 29.7 Å². The van der Waals surface area contributed by atoms with E-state index in [0.29, 0.717) is 22.5 Å². The number of pyridine rings is 1. The summed E-state index contributed by atoms with van der Waals surface area (Å²) in [6.07, 6.45) is 4.24. The summed E-state index contributed by atoms with van der Waals surface area (Å²) in [5, 5.41) is 30.7. The number of tetrazole rings is 1. The second-order valence-electron chi connectivity index (χ2n) is 9.86. The average molecular weight is 654 g/mol. The van der Waals surface area contributed by atoms with Crippen molar-refractivity contribution in [3.05, 3.63) is 119 Å². The van der Waals surface area contributed by atoms with Gasteiger partial charge in [0.2, 0.25) is 5.91 Å². The van der Waals surface area contributed by atoms with E-state index in [9.17, 15) is 24.0 Å². The second kappa shape index (κ2) is 14.5. The molecule has 5 aromatic rings. The molecule has 0 fully saturated rings. The van der Waals surface area contributed by atoms with Crippen LogP contribution in [0.25, 0.3) is 5.69 Å². The van der Waals surface area contributed by atoms with Gasteiger partial charge in [0.25, 0.3) is 5.91 Å². The number of amides is 4. The highest BCUT2D eigenvalue weighted by Gasteiger charge is 2.26. The molecule has 16 heteroatoms. The molecule has 0 saturated carbocycles. The number of hydrogen-bond acceptors (Lipinski definition) is 9. The summed E-state index contributed by atoms with van der Waals surface area (Å²) in [6.45, 7) is 0. The maximum Gasteiger partial charge on any atom is 0.335 e. The van der Waals surface area contributed by atoms with E-state index >= 15 is 0 Å². The molecule has 5 N–H and O–H groups in total. The zero-order chi connectivity index (χ0) is 33.3.